The fraction of sp³-hybridized carbons (Fsp3) is 0.100. The zero-order valence-corrected chi connectivity index (χ0v) is 7.60. The lowest BCUT2D eigenvalue weighted by atomic mass is 10.1. The quantitative estimate of drug-likeness (QED) is 0.620. The molecule has 0 saturated heterocycles. The van der Waals surface area contributed by atoms with Gasteiger partial charge in [0, 0.05) is 18.2 Å². The lowest BCUT2D eigenvalue weighted by Gasteiger charge is -2.00. The number of nitrogen functional groups attached to an aromatic ring is 1. The van der Waals surface area contributed by atoms with E-state index < -0.39 is 5.91 Å². The largest absolute Gasteiger partial charge is 0.508 e. The van der Waals surface area contributed by atoms with Gasteiger partial charge in [-0.05, 0) is 17.7 Å². The van der Waals surface area contributed by atoms with Crippen molar-refractivity contribution >= 4 is 17.7 Å². The molecule has 0 heterocycles. The number of aromatic hydroxyl groups is 1. The predicted molar refractivity (Wildman–Crippen MR) is 55.4 cm³/mol. The van der Waals surface area contributed by atoms with Gasteiger partial charge in [0.05, 0.1) is 0 Å². The second-order valence-electron chi connectivity index (χ2n) is 2.89. The molecule has 0 aliphatic rings. The van der Waals surface area contributed by atoms with Crippen molar-refractivity contribution in [3.8, 4) is 5.75 Å². The van der Waals surface area contributed by atoms with Crippen molar-refractivity contribution in [2.24, 2.45) is 5.73 Å². The Balaban J connectivity index is 2.76. The number of primary amides is 1. The summed E-state index contributed by atoms with van der Waals surface area (Å²) in [6.45, 7) is 0. The van der Waals surface area contributed by atoms with E-state index in [9.17, 15) is 4.79 Å². The maximum atomic E-state index is 10.4. The highest BCUT2D eigenvalue weighted by Crippen LogP contribution is 2.19. The molecule has 0 radical (unpaired) electrons. The van der Waals surface area contributed by atoms with E-state index in [-0.39, 0.29) is 12.2 Å². The molecule has 0 atom stereocenters. The Labute approximate surface area is 81.8 Å². The van der Waals surface area contributed by atoms with Crippen LogP contribution < -0.4 is 11.5 Å². The van der Waals surface area contributed by atoms with Crippen molar-refractivity contribution in [3.05, 3.63) is 29.8 Å². The minimum Gasteiger partial charge on any atom is -0.508 e. The van der Waals surface area contributed by atoms with Gasteiger partial charge in [0.1, 0.15) is 5.75 Å². The lowest BCUT2D eigenvalue weighted by Crippen LogP contribution is -2.07. The van der Waals surface area contributed by atoms with Crippen LogP contribution >= 0.6 is 0 Å². The number of nitrogens with two attached hydrogens (primary N) is 2. The summed E-state index contributed by atoms with van der Waals surface area (Å²) in [4.78, 5) is 10.4. The van der Waals surface area contributed by atoms with E-state index >= 15 is 0 Å². The Morgan fingerprint density at radius 3 is 2.79 bits per heavy atom. The Morgan fingerprint density at radius 1 is 1.50 bits per heavy atom. The van der Waals surface area contributed by atoms with Crippen molar-refractivity contribution < 1.29 is 9.90 Å². The van der Waals surface area contributed by atoms with Crippen LogP contribution in [0, 0.1) is 0 Å². The summed E-state index contributed by atoms with van der Waals surface area (Å²) in [5, 5.41) is 9.07. The molecule has 4 nitrogen and oxygen atoms in total. The van der Waals surface area contributed by atoms with Gasteiger partial charge < -0.3 is 16.6 Å². The highest BCUT2D eigenvalue weighted by molar-refractivity contribution is 5.77. The van der Waals surface area contributed by atoms with Crippen LogP contribution in [-0.2, 0) is 4.79 Å². The SMILES string of the molecule is NC(=O)CC=Cc1ccc(O)cc1N. The monoisotopic (exact) mass is 192 g/mol. The van der Waals surface area contributed by atoms with E-state index in [0.717, 1.165) is 5.56 Å². The smallest absolute Gasteiger partial charge is 0.221 e. The summed E-state index contributed by atoms with van der Waals surface area (Å²) >= 11 is 0. The number of phenolic OH excluding ortho intramolecular Hbond substituents is 1. The Bertz CT molecular complexity index is 372. The van der Waals surface area contributed by atoms with E-state index in [2.05, 4.69) is 0 Å². The molecule has 0 unspecified atom stereocenters. The van der Waals surface area contributed by atoms with Crippen LogP contribution in [-0.4, -0.2) is 11.0 Å². The molecule has 0 aliphatic carbocycles. The first-order chi connectivity index (χ1) is 6.59. The van der Waals surface area contributed by atoms with Crippen molar-refractivity contribution in [2.45, 2.75) is 6.42 Å². The van der Waals surface area contributed by atoms with E-state index in [1.807, 2.05) is 0 Å². The standard InChI is InChI=1S/C10H12N2O2/c11-9-6-8(13)5-4-7(9)2-1-3-10(12)14/h1-2,4-6,13H,3,11H2,(H2,12,14). The van der Waals surface area contributed by atoms with Gasteiger partial charge in [-0.3, -0.25) is 4.79 Å². The summed E-state index contributed by atoms with van der Waals surface area (Å²) in [6, 6.07) is 4.65. The predicted octanol–water partition coefficient (Wildman–Crippen LogP) is 0.863. The molecular weight excluding hydrogens is 180 g/mol. The maximum absolute atomic E-state index is 10.4. The summed E-state index contributed by atoms with van der Waals surface area (Å²) in [7, 11) is 0. The number of carbonyl (C=O) groups is 1. The Hall–Kier alpha value is -1.97. The molecule has 1 aromatic carbocycles. The maximum Gasteiger partial charge on any atom is 0.221 e. The van der Waals surface area contributed by atoms with Gasteiger partial charge in [-0.25, -0.2) is 0 Å². The molecule has 0 bridgehead atoms. The van der Waals surface area contributed by atoms with E-state index in [1.165, 1.54) is 12.1 Å². The van der Waals surface area contributed by atoms with Gasteiger partial charge in [0.25, 0.3) is 0 Å². The van der Waals surface area contributed by atoms with Gasteiger partial charge in [-0.15, -0.1) is 0 Å². The Kier molecular flexibility index (Phi) is 3.12. The number of hydrogen-bond acceptors (Lipinski definition) is 3. The molecule has 4 heteroatoms. The van der Waals surface area contributed by atoms with Gasteiger partial charge >= 0.3 is 0 Å². The van der Waals surface area contributed by atoms with Gasteiger partial charge in [0.2, 0.25) is 5.91 Å². The third kappa shape index (κ3) is 2.82. The zero-order chi connectivity index (χ0) is 10.6. The van der Waals surface area contributed by atoms with Crippen molar-refractivity contribution in [2.75, 3.05) is 5.73 Å². The number of anilines is 1. The third-order valence-electron chi connectivity index (χ3n) is 1.69. The van der Waals surface area contributed by atoms with Gasteiger partial charge in [0.15, 0.2) is 0 Å². The molecule has 0 fully saturated rings. The minimum atomic E-state index is -0.390. The molecule has 74 valence electrons. The first kappa shape index (κ1) is 10.1. The van der Waals surface area contributed by atoms with Crippen LogP contribution in [0.25, 0.3) is 6.08 Å². The number of hydrogen-bond donors (Lipinski definition) is 3. The highest BCUT2D eigenvalue weighted by Gasteiger charge is 1.96. The van der Waals surface area contributed by atoms with Crippen LogP contribution in [0.2, 0.25) is 0 Å². The van der Waals surface area contributed by atoms with Crippen LogP contribution in [0.15, 0.2) is 24.3 Å². The van der Waals surface area contributed by atoms with Crippen molar-refractivity contribution in [1.82, 2.24) is 0 Å². The van der Waals surface area contributed by atoms with E-state index in [0.29, 0.717) is 5.69 Å². The minimum absolute atomic E-state index is 0.120. The molecule has 1 aromatic rings. The normalized spacial score (nSPS) is 10.6. The summed E-state index contributed by atoms with van der Waals surface area (Å²) in [6.07, 6.45) is 3.50. The average molecular weight is 192 g/mol. The molecule has 0 aromatic heterocycles. The molecule has 0 aliphatic heterocycles. The number of carbonyl (C=O) groups excluding carboxylic acids is 1. The van der Waals surface area contributed by atoms with E-state index in [4.69, 9.17) is 16.6 Å². The molecule has 14 heavy (non-hydrogen) atoms. The third-order valence-corrected chi connectivity index (χ3v) is 1.69. The zero-order valence-electron chi connectivity index (χ0n) is 7.60. The topological polar surface area (TPSA) is 89.3 Å². The number of phenols is 1. The Morgan fingerprint density at radius 2 is 2.21 bits per heavy atom. The molecule has 1 rings (SSSR count). The first-order valence-electron chi connectivity index (χ1n) is 4.13. The van der Waals surface area contributed by atoms with Gasteiger partial charge in [-0.1, -0.05) is 12.2 Å². The lowest BCUT2D eigenvalue weighted by molar-refractivity contribution is -0.117. The van der Waals surface area contributed by atoms with Crippen LogP contribution in [0.1, 0.15) is 12.0 Å². The molecule has 0 saturated carbocycles. The van der Waals surface area contributed by atoms with Gasteiger partial charge in [-0.2, -0.15) is 0 Å². The summed E-state index contributed by atoms with van der Waals surface area (Å²) in [5.41, 5.74) is 11.8. The molecule has 1 amide bonds. The summed E-state index contributed by atoms with van der Waals surface area (Å²) in [5.74, 6) is -0.270. The molecule has 5 N–H and O–H groups in total. The molecular formula is C10H12N2O2. The fourth-order valence-electron chi connectivity index (χ4n) is 1.02. The van der Waals surface area contributed by atoms with Crippen LogP contribution in [0.3, 0.4) is 0 Å². The van der Waals surface area contributed by atoms with Crippen LogP contribution in [0.5, 0.6) is 5.75 Å². The second-order valence-corrected chi connectivity index (χ2v) is 2.89. The fourth-order valence-corrected chi connectivity index (χ4v) is 1.02. The van der Waals surface area contributed by atoms with Crippen molar-refractivity contribution in [3.63, 3.8) is 0 Å². The second kappa shape index (κ2) is 4.32. The number of rotatable bonds is 3. The van der Waals surface area contributed by atoms with Crippen LogP contribution in [0.4, 0.5) is 5.69 Å². The molecule has 0 spiro atoms. The summed E-state index contributed by atoms with van der Waals surface area (Å²) < 4.78 is 0. The number of amides is 1. The van der Waals surface area contributed by atoms with E-state index in [1.54, 1.807) is 18.2 Å². The first-order valence-corrected chi connectivity index (χ1v) is 4.13. The average Bonchev–Trinajstić information content (AvgIpc) is 2.08. The number of benzene rings is 1. The van der Waals surface area contributed by atoms with Crippen molar-refractivity contribution in [1.29, 1.82) is 0 Å². The highest BCUT2D eigenvalue weighted by atomic mass is 16.3.